The fraction of sp³-hybridized carbons (Fsp3) is 0.467. The first kappa shape index (κ1) is 19.1. The number of aliphatic carboxylic acids is 1. The van der Waals surface area contributed by atoms with Gasteiger partial charge in [-0.2, -0.15) is 0 Å². The third kappa shape index (κ3) is 5.33. The topological polar surface area (TPSA) is 127 Å². The fourth-order valence-electron chi connectivity index (χ4n) is 2.26. The highest BCUT2D eigenvalue weighted by atomic mass is 32.2. The summed E-state index contributed by atoms with van der Waals surface area (Å²) in [5.41, 5.74) is -0.346. The Morgan fingerprint density at radius 2 is 1.87 bits per heavy atom. The number of nitrogens with one attached hydrogen (secondary N) is 1. The van der Waals surface area contributed by atoms with Gasteiger partial charge in [0.05, 0.1) is 11.2 Å². The van der Waals surface area contributed by atoms with Gasteiger partial charge in [0.25, 0.3) is 5.91 Å². The highest BCUT2D eigenvalue weighted by Crippen LogP contribution is 2.25. The third-order valence-corrected chi connectivity index (χ3v) is 4.69. The first-order valence-electron chi connectivity index (χ1n) is 7.24. The van der Waals surface area contributed by atoms with Crippen molar-refractivity contribution in [3.63, 3.8) is 0 Å². The molecule has 0 heterocycles. The fourth-order valence-corrected chi connectivity index (χ4v) is 2.91. The van der Waals surface area contributed by atoms with Gasteiger partial charge < -0.3 is 10.4 Å². The Kier molecular flexibility index (Phi) is 6.28. The van der Waals surface area contributed by atoms with Gasteiger partial charge >= 0.3 is 5.97 Å². The van der Waals surface area contributed by atoms with E-state index in [1.807, 2.05) is 0 Å². The summed E-state index contributed by atoms with van der Waals surface area (Å²) in [4.78, 5) is 23.6. The molecule has 0 saturated carbocycles. The van der Waals surface area contributed by atoms with Crippen molar-refractivity contribution in [1.29, 1.82) is 0 Å². The molecule has 0 spiro atoms. The van der Waals surface area contributed by atoms with Crippen LogP contribution < -0.4 is 10.5 Å². The minimum Gasteiger partial charge on any atom is -0.481 e. The molecule has 1 rings (SSSR count). The number of hydrogen-bond donors (Lipinski definition) is 3. The summed E-state index contributed by atoms with van der Waals surface area (Å²) in [5.74, 6) is -1.77. The lowest BCUT2D eigenvalue weighted by atomic mass is 9.82. The number of sulfonamides is 1. The van der Waals surface area contributed by atoms with Gasteiger partial charge in [-0.1, -0.05) is 26.0 Å². The van der Waals surface area contributed by atoms with Gasteiger partial charge in [-0.3, -0.25) is 9.59 Å². The number of carboxylic acids is 1. The monoisotopic (exact) mass is 342 g/mol. The summed E-state index contributed by atoms with van der Waals surface area (Å²) in [6.07, 6.45) is 0.787. The molecule has 0 aliphatic rings. The lowest BCUT2D eigenvalue weighted by molar-refractivity contribution is -0.149. The maximum atomic E-state index is 12.2. The molecule has 1 amide bonds. The number of primary sulfonamides is 1. The number of amides is 1. The smallest absolute Gasteiger partial charge is 0.311 e. The number of nitrogens with two attached hydrogens (primary N) is 1. The van der Waals surface area contributed by atoms with Gasteiger partial charge in [0.15, 0.2) is 0 Å². The second kappa shape index (κ2) is 7.56. The SMILES string of the molecule is CCC(CC)(CNC(=O)c1cccc(CS(N)(=O)=O)c1)C(=O)O. The number of carbonyl (C=O) groups is 2. The Labute approximate surface area is 135 Å². The van der Waals surface area contributed by atoms with E-state index in [0.29, 0.717) is 18.4 Å². The molecule has 0 fully saturated rings. The van der Waals surface area contributed by atoms with Crippen LogP contribution >= 0.6 is 0 Å². The zero-order chi connectivity index (χ0) is 17.7. The van der Waals surface area contributed by atoms with Crippen molar-refractivity contribution in [3.8, 4) is 0 Å². The molecule has 0 radical (unpaired) electrons. The number of hydrogen-bond acceptors (Lipinski definition) is 4. The highest BCUT2D eigenvalue weighted by Gasteiger charge is 2.35. The van der Waals surface area contributed by atoms with E-state index in [-0.39, 0.29) is 17.9 Å². The van der Waals surface area contributed by atoms with Crippen LogP contribution in [0.3, 0.4) is 0 Å². The molecule has 0 unspecified atom stereocenters. The quantitative estimate of drug-likeness (QED) is 0.652. The van der Waals surface area contributed by atoms with E-state index < -0.39 is 27.3 Å². The molecule has 0 aliphatic heterocycles. The largest absolute Gasteiger partial charge is 0.481 e. The van der Waals surface area contributed by atoms with Crippen molar-refractivity contribution in [2.24, 2.45) is 10.6 Å². The van der Waals surface area contributed by atoms with Gasteiger partial charge in [0, 0.05) is 12.1 Å². The molecule has 0 atom stereocenters. The van der Waals surface area contributed by atoms with Gasteiger partial charge in [0.1, 0.15) is 0 Å². The average molecular weight is 342 g/mol. The molecule has 23 heavy (non-hydrogen) atoms. The van der Waals surface area contributed by atoms with Crippen molar-refractivity contribution in [1.82, 2.24) is 5.32 Å². The van der Waals surface area contributed by atoms with E-state index >= 15 is 0 Å². The first-order chi connectivity index (χ1) is 10.6. The lowest BCUT2D eigenvalue weighted by Crippen LogP contribution is -2.42. The van der Waals surface area contributed by atoms with Gasteiger partial charge in [-0.15, -0.1) is 0 Å². The molecule has 1 aromatic rings. The summed E-state index contributed by atoms with van der Waals surface area (Å²) in [6, 6.07) is 6.07. The van der Waals surface area contributed by atoms with E-state index in [9.17, 15) is 23.1 Å². The summed E-state index contributed by atoms with van der Waals surface area (Å²) < 4.78 is 22.2. The minimum atomic E-state index is -3.68. The summed E-state index contributed by atoms with van der Waals surface area (Å²) in [7, 11) is -3.68. The molecule has 0 saturated heterocycles. The molecular formula is C15H22N2O5S. The molecular weight excluding hydrogens is 320 g/mol. The van der Waals surface area contributed by atoms with Gasteiger partial charge in [-0.05, 0) is 30.5 Å². The van der Waals surface area contributed by atoms with Crippen LogP contribution in [0.5, 0.6) is 0 Å². The maximum Gasteiger partial charge on any atom is 0.311 e. The molecule has 128 valence electrons. The van der Waals surface area contributed by atoms with Gasteiger partial charge in [-0.25, -0.2) is 13.6 Å². The number of benzene rings is 1. The van der Waals surface area contributed by atoms with Crippen LogP contribution in [0, 0.1) is 5.41 Å². The van der Waals surface area contributed by atoms with E-state index in [4.69, 9.17) is 5.14 Å². The zero-order valence-electron chi connectivity index (χ0n) is 13.2. The molecule has 1 aromatic carbocycles. The van der Waals surface area contributed by atoms with E-state index in [1.54, 1.807) is 26.0 Å². The Bertz CT molecular complexity index is 681. The predicted octanol–water partition coefficient (Wildman–Crippen LogP) is 1.10. The van der Waals surface area contributed by atoms with Crippen LogP contribution in [-0.4, -0.2) is 31.9 Å². The van der Waals surface area contributed by atoms with Crippen molar-refractivity contribution >= 4 is 21.9 Å². The Balaban J connectivity index is 2.86. The van der Waals surface area contributed by atoms with Crippen molar-refractivity contribution in [2.45, 2.75) is 32.4 Å². The Morgan fingerprint density at radius 3 is 2.35 bits per heavy atom. The number of carboxylic acid groups (broad SMARTS) is 1. The number of carbonyl (C=O) groups excluding carboxylic acids is 1. The first-order valence-corrected chi connectivity index (χ1v) is 8.96. The van der Waals surface area contributed by atoms with Crippen LogP contribution in [0.15, 0.2) is 24.3 Å². The van der Waals surface area contributed by atoms with Crippen LogP contribution in [0.25, 0.3) is 0 Å². The van der Waals surface area contributed by atoms with Crippen LogP contribution in [0.2, 0.25) is 0 Å². The Hall–Kier alpha value is -1.93. The van der Waals surface area contributed by atoms with E-state index in [0.717, 1.165) is 0 Å². The number of rotatable bonds is 8. The molecule has 8 heteroatoms. The summed E-state index contributed by atoms with van der Waals surface area (Å²) in [6.45, 7) is 3.53. The maximum absolute atomic E-state index is 12.2. The van der Waals surface area contributed by atoms with E-state index in [1.165, 1.54) is 12.1 Å². The summed E-state index contributed by atoms with van der Waals surface area (Å²) in [5, 5.41) is 16.9. The third-order valence-electron chi connectivity index (χ3n) is 3.95. The van der Waals surface area contributed by atoms with Crippen LogP contribution in [0.1, 0.15) is 42.6 Å². The van der Waals surface area contributed by atoms with Crippen LogP contribution in [0.4, 0.5) is 0 Å². The predicted molar refractivity (Wildman–Crippen MR) is 86.2 cm³/mol. The standard InChI is InChI=1S/C15H22N2O5S/c1-3-15(4-2,14(19)20)10-17-13(18)12-7-5-6-11(8-12)9-23(16,21)22/h5-8H,3-4,9-10H2,1-2H3,(H,17,18)(H,19,20)(H2,16,21,22). The summed E-state index contributed by atoms with van der Waals surface area (Å²) >= 11 is 0. The van der Waals surface area contributed by atoms with Crippen molar-refractivity contribution < 1.29 is 23.1 Å². The second-order valence-corrected chi connectivity index (χ2v) is 7.10. The van der Waals surface area contributed by atoms with Gasteiger partial charge in [0.2, 0.25) is 10.0 Å². The van der Waals surface area contributed by atoms with Crippen LogP contribution in [-0.2, 0) is 20.6 Å². The Morgan fingerprint density at radius 1 is 1.26 bits per heavy atom. The minimum absolute atomic E-state index is 0.00752. The molecule has 0 aromatic heterocycles. The zero-order valence-corrected chi connectivity index (χ0v) is 14.0. The van der Waals surface area contributed by atoms with Crippen molar-refractivity contribution in [2.75, 3.05) is 6.54 Å². The normalized spacial score (nSPS) is 12.0. The highest BCUT2D eigenvalue weighted by molar-refractivity contribution is 7.88. The second-order valence-electron chi connectivity index (χ2n) is 5.48. The molecule has 7 nitrogen and oxygen atoms in total. The average Bonchev–Trinajstić information content (AvgIpc) is 2.46. The molecule has 4 N–H and O–H groups in total. The lowest BCUT2D eigenvalue weighted by Gasteiger charge is -2.26. The molecule has 0 aliphatic carbocycles. The van der Waals surface area contributed by atoms with Crippen molar-refractivity contribution in [3.05, 3.63) is 35.4 Å². The molecule has 0 bridgehead atoms. The van der Waals surface area contributed by atoms with E-state index in [2.05, 4.69) is 5.32 Å².